The second kappa shape index (κ2) is 40.5. The molecule has 2 fully saturated rings. The Labute approximate surface area is 563 Å². The largest absolute Gasteiger partial charge is 0.458 e. The molecule has 5 heterocycles. The van der Waals surface area contributed by atoms with Crippen LogP contribution in [0.2, 0.25) is 0 Å². The predicted molar refractivity (Wildman–Crippen MR) is 359 cm³/mol. The highest BCUT2D eigenvalue weighted by Gasteiger charge is 2.43. The first-order valence-corrected chi connectivity index (χ1v) is 35.8. The van der Waals surface area contributed by atoms with Gasteiger partial charge in [0, 0.05) is 87.9 Å². The van der Waals surface area contributed by atoms with Crippen LogP contribution in [0, 0.1) is 53.3 Å². The summed E-state index contributed by atoms with van der Waals surface area (Å²) in [6, 6.07) is 0. The maximum absolute atomic E-state index is 14.2. The Hall–Kier alpha value is -2.74. The van der Waals surface area contributed by atoms with Crippen LogP contribution in [-0.2, 0) is 52.2 Å². The molecule has 30 unspecified atom stereocenters. The lowest BCUT2D eigenvalue weighted by Crippen LogP contribution is -2.46. The molecule has 5 rings (SSSR count). The van der Waals surface area contributed by atoms with Gasteiger partial charge in [-0.25, -0.2) is 9.59 Å². The van der Waals surface area contributed by atoms with Gasteiger partial charge in [0.25, 0.3) is 0 Å². The van der Waals surface area contributed by atoms with Gasteiger partial charge in [-0.15, -0.1) is 0 Å². The van der Waals surface area contributed by atoms with E-state index in [9.17, 15) is 55.5 Å². The summed E-state index contributed by atoms with van der Waals surface area (Å²) in [6.07, 6.45) is 6.47. The molecule has 0 aliphatic carbocycles. The predicted octanol–water partition coefficient (Wildman–Crippen LogP) is 8.59. The zero-order valence-electron chi connectivity index (χ0n) is 59.7. The number of hydrogen-bond donors (Lipinski definition) is 9. The van der Waals surface area contributed by atoms with Crippen LogP contribution in [-0.4, -0.2) is 214 Å². The summed E-state index contributed by atoms with van der Waals surface area (Å²) in [4.78, 5) is 28.4. The Kier molecular flexibility index (Phi) is 35.3. The Morgan fingerprint density at radius 3 is 1.28 bits per heavy atom. The molecule has 20 nitrogen and oxygen atoms in total. The van der Waals surface area contributed by atoms with E-state index in [0.29, 0.717) is 51.4 Å². The lowest BCUT2D eigenvalue weighted by molar-refractivity contribution is -0.160. The van der Waals surface area contributed by atoms with Gasteiger partial charge < -0.3 is 88.6 Å². The summed E-state index contributed by atoms with van der Waals surface area (Å²) in [5, 5.41) is 106. The van der Waals surface area contributed by atoms with E-state index in [4.69, 9.17) is 42.6 Å². The molecule has 544 valence electrons. The molecule has 5 aliphatic heterocycles. The standard InChI is InChI=1S/C74H128O20/c1-41(24-28-60-35-62(86-13)30-45(5)89-60)69(82)51(11)71-49(9)66(80)38-64(78)47(7)53(40-75)32-56-18-16-19-57(91-56)33-54(76)26-22-43(3)74(85)94-72(52(12)70(83)42(2)25-29-61-36-63(87-14)31-46(6)90-61)50(10)67(81)39-65(79)48(8)68(88-15)37-59-21-17-20-58(92-59)34-55(77)27-23-44(4)73(84)93-71/h16-17,19-20,22-23,41-42,45-72,75-83H,18,21,24-40H2,1-15H3/b43-22+,44-23+. The van der Waals surface area contributed by atoms with Gasteiger partial charge in [0.15, 0.2) is 0 Å². The molecule has 94 heavy (non-hydrogen) atoms. The molecule has 4 bridgehead atoms. The van der Waals surface area contributed by atoms with Crippen LogP contribution in [0.5, 0.6) is 0 Å². The summed E-state index contributed by atoms with van der Waals surface area (Å²) in [7, 11) is 4.98. The number of aliphatic hydroxyl groups excluding tert-OH is 9. The minimum absolute atomic E-state index is 0.0394. The number of carbonyl (C=O) groups is 2. The monoisotopic (exact) mass is 1340 g/mol. The smallest absolute Gasteiger partial charge is 0.333 e. The number of rotatable bonds is 16. The van der Waals surface area contributed by atoms with E-state index in [2.05, 4.69) is 0 Å². The lowest BCUT2D eigenvalue weighted by atomic mass is 9.77. The van der Waals surface area contributed by atoms with Crippen LogP contribution in [0.3, 0.4) is 0 Å². The highest BCUT2D eigenvalue weighted by Crippen LogP contribution is 2.37. The van der Waals surface area contributed by atoms with E-state index in [1.165, 1.54) is 0 Å². The summed E-state index contributed by atoms with van der Waals surface area (Å²) in [5.41, 5.74) is 0.447. The third kappa shape index (κ3) is 25.5. The molecule has 9 N–H and O–H groups in total. The first kappa shape index (κ1) is 81.9. The van der Waals surface area contributed by atoms with Gasteiger partial charge in [-0.2, -0.15) is 0 Å². The van der Waals surface area contributed by atoms with Crippen LogP contribution in [0.1, 0.15) is 199 Å². The fraction of sp³-hybridized carbons (Fsp3) is 0.865. The molecule has 0 amide bonds. The minimum atomic E-state index is -1.21. The normalized spacial score (nSPS) is 41.4. The van der Waals surface area contributed by atoms with Gasteiger partial charge in [0.2, 0.25) is 0 Å². The van der Waals surface area contributed by atoms with Crippen molar-refractivity contribution in [2.45, 2.75) is 327 Å². The molecule has 2 saturated heterocycles. The number of aliphatic hydroxyl groups is 9. The minimum Gasteiger partial charge on any atom is -0.458 e. The van der Waals surface area contributed by atoms with Crippen molar-refractivity contribution in [3.8, 4) is 0 Å². The summed E-state index contributed by atoms with van der Waals surface area (Å²) in [5.74, 6) is -6.20. The summed E-state index contributed by atoms with van der Waals surface area (Å²) >= 11 is 0. The third-order valence-corrected chi connectivity index (χ3v) is 22.0. The molecule has 30 atom stereocenters. The van der Waals surface area contributed by atoms with Gasteiger partial charge in [-0.3, -0.25) is 0 Å². The van der Waals surface area contributed by atoms with E-state index in [0.717, 1.165) is 25.7 Å². The molecule has 20 heteroatoms. The second-order valence-electron chi connectivity index (χ2n) is 29.7. The van der Waals surface area contributed by atoms with Gasteiger partial charge in [0.05, 0.1) is 116 Å². The highest BCUT2D eigenvalue weighted by atomic mass is 16.6. The van der Waals surface area contributed by atoms with Crippen molar-refractivity contribution in [3.63, 3.8) is 0 Å². The average Bonchev–Trinajstić information content (AvgIpc) is 0.882. The van der Waals surface area contributed by atoms with E-state index in [-0.39, 0.29) is 117 Å². The molecule has 0 radical (unpaired) electrons. The third-order valence-electron chi connectivity index (χ3n) is 22.0. The molecule has 0 aromatic carbocycles. The van der Waals surface area contributed by atoms with Crippen LogP contribution < -0.4 is 0 Å². The van der Waals surface area contributed by atoms with Crippen LogP contribution in [0.25, 0.3) is 0 Å². The maximum Gasteiger partial charge on any atom is 0.333 e. The number of ether oxygens (including phenoxy) is 9. The SMILES string of the molecule is COC1CC(C)OC(CCC(C)C(O)C(C)C2OC(=O)/C(C)=C/CC(O)CC3C=CCC(CC(OC)C(C)C(O)CC(O)C(C)C(C(C)C(O)C(C)CCC4CC(OC)CC(C)O4)OC(=O)/C(C)=C/CC(O)CC4C=CCC(CC(CO)C(C)C(O)CC(O)C2C)O4)O3)C1. The average molecular weight is 1340 g/mol. The van der Waals surface area contributed by atoms with Crippen LogP contribution in [0.4, 0.5) is 0 Å². The molecular formula is C74H128O20. The van der Waals surface area contributed by atoms with Crippen molar-refractivity contribution >= 4 is 11.9 Å². The summed E-state index contributed by atoms with van der Waals surface area (Å²) in [6.45, 7) is 21.7. The number of methoxy groups -OCH3 is 3. The fourth-order valence-corrected chi connectivity index (χ4v) is 15.1. The topological polar surface area (TPSA) is 299 Å². The molecule has 0 spiro atoms. The lowest BCUT2D eigenvalue weighted by Gasteiger charge is -2.38. The first-order valence-electron chi connectivity index (χ1n) is 35.8. The number of esters is 2. The Morgan fingerprint density at radius 2 is 0.883 bits per heavy atom. The quantitative estimate of drug-likeness (QED) is 0.0516. The Bertz CT molecular complexity index is 2160. The summed E-state index contributed by atoms with van der Waals surface area (Å²) < 4.78 is 55.4. The van der Waals surface area contributed by atoms with Gasteiger partial charge in [0.1, 0.15) is 12.2 Å². The number of fused-ring (bicyclic) bond motifs is 4. The second-order valence-corrected chi connectivity index (χ2v) is 29.7. The fourth-order valence-electron chi connectivity index (χ4n) is 15.1. The van der Waals surface area contributed by atoms with E-state index >= 15 is 0 Å². The molecule has 0 aromatic rings. The Balaban J connectivity index is 1.38. The van der Waals surface area contributed by atoms with Crippen LogP contribution in [0.15, 0.2) is 47.6 Å². The maximum atomic E-state index is 14.2. The van der Waals surface area contributed by atoms with Gasteiger partial charge in [-0.05, 0) is 148 Å². The van der Waals surface area contributed by atoms with Gasteiger partial charge >= 0.3 is 11.9 Å². The van der Waals surface area contributed by atoms with Crippen molar-refractivity contribution < 1.29 is 98.2 Å². The van der Waals surface area contributed by atoms with Crippen LogP contribution >= 0.6 is 0 Å². The zero-order chi connectivity index (χ0) is 69.7. The molecular weight excluding hydrogens is 1210 g/mol. The van der Waals surface area contributed by atoms with Crippen molar-refractivity contribution in [1.29, 1.82) is 0 Å². The van der Waals surface area contributed by atoms with Crippen molar-refractivity contribution in [2.75, 3.05) is 27.9 Å². The first-order chi connectivity index (χ1) is 44.5. The van der Waals surface area contributed by atoms with E-state index in [1.54, 1.807) is 68.1 Å². The Morgan fingerprint density at radius 1 is 0.489 bits per heavy atom. The van der Waals surface area contributed by atoms with Crippen molar-refractivity contribution in [3.05, 3.63) is 47.6 Å². The van der Waals surface area contributed by atoms with E-state index < -0.39 is 133 Å². The number of cyclic esters (lactones) is 2. The van der Waals surface area contributed by atoms with E-state index in [1.807, 2.05) is 72.8 Å². The number of carbonyl (C=O) groups excluding carboxylic acids is 2. The molecule has 0 saturated carbocycles. The number of hydrogen-bond acceptors (Lipinski definition) is 20. The zero-order valence-corrected chi connectivity index (χ0v) is 59.7. The van der Waals surface area contributed by atoms with Crippen molar-refractivity contribution in [1.82, 2.24) is 0 Å². The van der Waals surface area contributed by atoms with Gasteiger partial charge in [-0.1, -0.05) is 91.8 Å². The highest BCUT2D eigenvalue weighted by molar-refractivity contribution is 5.88. The van der Waals surface area contributed by atoms with Crippen molar-refractivity contribution in [2.24, 2.45) is 53.3 Å². The molecule has 5 aliphatic rings. The molecule has 0 aromatic heterocycles.